The van der Waals surface area contributed by atoms with Crippen LogP contribution in [0.15, 0.2) is 48.7 Å². The summed E-state index contributed by atoms with van der Waals surface area (Å²) < 4.78 is 1.80. The van der Waals surface area contributed by atoms with E-state index in [4.69, 9.17) is 0 Å². The molecule has 0 bridgehead atoms. The Balaban J connectivity index is 1.62. The normalized spacial score (nSPS) is 19.0. The maximum atomic E-state index is 11.3. The molecule has 0 amide bonds. The molecule has 1 aliphatic rings. The van der Waals surface area contributed by atoms with Crippen molar-refractivity contribution in [1.82, 2.24) is 24.4 Å². The van der Waals surface area contributed by atoms with Crippen molar-refractivity contribution in [3.05, 3.63) is 65.6 Å². The van der Waals surface area contributed by atoms with E-state index >= 15 is 0 Å². The van der Waals surface area contributed by atoms with Crippen LogP contribution in [0.1, 0.15) is 27.8 Å². The van der Waals surface area contributed by atoms with Gasteiger partial charge in [0.15, 0.2) is 11.5 Å². The van der Waals surface area contributed by atoms with Crippen molar-refractivity contribution in [2.24, 2.45) is 0 Å². The van der Waals surface area contributed by atoms with Gasteiger partial charge in [-0.05, 0) is 24.7 Å². The van der Waals surface area contributed by atoms with Crippen LogP contribution in [0.2, 0.25) is 0 Å². The maximum absolute atomic E-state index is 11.3. The van der Waals surface area contributed by atoms with Crippen molar-refractivity contribution in [1.29, 1.82) is 0 Å². The predicted molar refractivity (Wildman–Crippen MR) is 97.0 cm³/mol. The third-order valence-electron chi connectivity index (χ3n) is 4.95. The van der Waals surface area contributed by atoms with Gasteiger partial charge in [-0.25, -0.2) is 4.79 Å². The second-order valence-electron chi connectivity index (χ2n) is 6.73. The first-order valence-electron chi connectivity index (χ1n) is 8.66. The summed E-state index contributed by atoms with van der Waals surface area (Å²) in [5, 5.41) is 17.8. The Kier molecular flexibility index (Phi) is 4.40. The summed E-state index contributed by atoms with van der Waals surface area (Å²) in [6.45, 7) is 3.62. The van der Waals surface area contributed by atoms with Gasteiger partial charge in [-0.1, -0.05) is 30.3 Å². The fourth-order valence-electron chi connectivity index (χ4n) is 3.46. The van der Waals surface area contributed by atoms with Crippen LogP contribution >= 0.6 is 0 Å². The van der Waals surface area contributed by atoms with E-state index in [-0.39, 0.29) is 11.6 Å². The number of aromatic nitrogens is 3. The number of carbonyl (C=O) groups is 1. The van der Waals surface area contributed by atoms with E-state index in [2.05, 4.69) is 51.3 Å². The molecule has 1 N–H and O–H groups in total. The lowest BCUT2D eigenvalue weighted by Gasteiger charge is -2.38. The lowest BCUT2D eigenvalue weighted by atomic mass is 10.1. The van der Waals surface area contributed by atoms with E-state index in [1.807, 2.05) is 6.07 Å². The monoisotopic (exact) mass is 351 g/mol. The largest absolute Gasteiger partial charge is 0.478 e. The number of carboxylic acid groups (broad SMARTS) is 1. The van der Waals surface area contributed by atoms with Crippen molar-refractivity contribution < 1.29 is 9.90 Å². The fourth-order valence-corrected chi connectivity index (χ4v) is 3.46. The molecule has 3 heterocycles. The SMILES string of the molecule is CN1CCN(Cc2ccccc2)C[C@H]1c1nnc2ccc(C(=O)O)cn12. The molecule has 1 aliphatic heterocycles. The van der Waals surface area contributed by atoms with Crippen LogP contribution in [-0.2, 0) is 6.54 Å². The molecule has 0 unspecified atom stereocenters. The number of carboxylic acids is 1. The molecule has 0 spiro atoms. The lowest BCUT2D eigenvalue weighted by Crippen LogP contribution is -2.46. The number of benzene rings is 1. The zero-order chi connectivity index (χ0) is 18.1. The number of rotatable bonds is 4. The van der Waals surface area contributed by atoms with Crippen molar-refractivity contribution in [2.75, 3.05) is 26.7 Å². The molecule has 2 aromatic heterocycles. The number of likely N-dealkylation sites (N-methyl/N-ethyl adjacent to an activating group) is 1. The van der Waals surface area contributed by atoms with E-state index in [1.54, 1.807) is 22.7 Å². The minimum absolute atomic E-state index is 0.0616. The maximum Gasteiger partial charge on any atom is 0.337 e. The number of aromatic carboxylic acids is 1. The number of nitrogens with zero attached hydrogens (tertiary/aromatic N) is 5. The first kappa shape index (κ1) is 16.7. The summed E-state index contributed by atoms with van der Waals surface area (Å²) in [7, 11) is 2.08. The van der Waals surface area contributed by atoms with Gasteiger partial charge in [-0.3, -0.25) is 14.2 Å². The molecular formula is C19H21N5O2. The number of pyridine rings is 1. The van der Waals surface area contributed by atoms with Gasteiger partial charge < -0.3 is 5.11 Å². The smallest absolute Gasteiger partial charge is 0.337 e. The van der Waals surface area contributed by atoms with E-state index < -0.39 is 5.97 Å². The van der Waals surface area contributed by atoms with Gasteiger partial charge in [-0.2, -0.15) is 0 Å². The van der Waals surface area contributed by atoms with Gasteiger partial charge in [0.25, 0.3) is 0 Å². The Morgan fingerprint density at radius 3 is 2.73 bits per heavy atom. The van der Waals surface area contributed by atoms with E-state index in [9.17, 15) is 9.90 Å². The number of hydrogen-bond acceptors (Lipinski definition) is 5. The Labute approximate surface area is 151 Å². The van der Waals surface area contributed by atoms with E-state index in [0.29, 0.717) is 5.65 Å². The Morgan fingerprint density at radius 2 is 1.96 bits per heavy atom. The van der Waals surface area contributed by atoms with Gasteiger partial charge in [0.1, 0.15) is 0 Å². The molecule has 134 valence electrons. The first-order chi connectivity index (χ1) is 12.6. The highest BCUT2D eigenvalue weighted by molar-refractivity contribution is 5.87. The van der Waals surface area contributed by atoms with Crippen LogP contribution < -0.4 is 0 Å². The van der Waals surface area contributed by atoms with Gasteiger partial charge in [0.2, 0.25) is 0 Å². The van der Waals surface area contributed by atoms with Crippen molar-refractivity contribution in [3.63, 3.8) is 0 Å². The number of hydrogen-bond donors (Lipinski definition) is 1. The summed E-state index contributed by atoms with van der Waals surface area (Å²) >= 11 is 0. The third-order valence-corrected chi connectivity index (χ3v) is 4.95. The van der Waals surface area contributed by atoms with Crippen LogP contribution in [0, 0.1) is 0 Å². The molecule has 26 heavy (non-hydrogen) atoms. The van der Waals surface area contributed by atoms with Crippen LogP contribution in [0.5, 0.6) is 0 Å². The molecule has 1 fully saturated rings. The van der Waals surface area contributed by atoms with Gasteiger partial charge in [0.05, 0.1) is 11.6 Å². The molecule has 3 aromatic rings. The van der Waals surface area contributed by atoms with Crippen molar-refractivity contribution in [3.8, 4) is 0 Å². The summed E-state index contributed by atoms with van der Waals surface area (Å²) in [4.78, 5) is 16.0. The minimum Gasteiger partial charge on any atom is -0.478 e. The molecule has 0 aliphatic carbocycles. The quantitative estimate of drug-likeness (QED) is 0.774. The molecule has 7 nitrogen and oxygen atoms in total. The molecule has 4 rings (SSSR count). The zero-order valence-electron chi connectivity index (χ0n) is 14.6. The summed E-state index contributed by atoms with van der Waals surface area (Å²) in [6.07, 6.45) is 1.61. The highest BCUT2D eigenvalue weighted by atomic mass is 16.4. The highest BCUT2D eigenvalue weighted by Gasteiger charge is 2.29. The van der Waals surface area contributed by atoms with E-state index in [1.165, 1.54) is 5.56 Å². The second kappa shape index (κ2) is 6.86. The molecule has 1 atom stereocenters. The Bertz CT molecular complexity index is 924. The molecular weight excluding hydrogens is 330 g/mol. The number of piperazine rings is 1. The van der Waals surface area contributed by atoms with E-state index in [0.717, 1.165) is 32.0 Å². The molecule has 7 heteroatoms. The van der Waals surface area contributed by atoms with Crippen LogP contribution in [0.4, 0.5) is 0 Å². The summed E-state index contributed by atoms with van der Waals surface area (Å²) in [5.74, 6) is -0.169. The van der Waals surface area contributed by atoms with Crippen LogP contribution in [-0.4, -0.2) is 62.2 Å². The second-order valence-corrected chi connectivity index (χ2v) is 6.73. The Morgan fingerprint density at radius 1 is 1.15 bits per heavy atom. The zero-order valence-corrected chi connectivity index (χ0v) is 14.6. The standard InChI is InChI=1S/C19H21N5O2/c1-22-9-10-23(11-14-5-3-2-4-6-14)13-16(22)18-21-20-17-8-7-15(19(25)26)12-24(17)18/h2-8,12,16H,9-11,13H2,1H3,(H,25,26)/t16-/m0/s1. The van der Waals surface area contributed by atoms with Crippen LogP contribution in [0.25, 0.3) is 5.65 Å². The van der Waals surface area contributed by atoms with Gasteiger partial charge in [0, 0.05) is 32.4 Å². The van der Waals surface area contributed by atoms with Crippen molar-refractivity contribution in [2.45, 2.75) is 12.6 Å². The predicted octanol–water partition coefficient (Wildman–Crippen LogP) is 1.92. The fraction of sp³-hybridized carbons (Fsp3) is 0.316. The molecule has 0 radical (unpaired) electrons. The first-order valence-corrected chi connectivity index (χ1v) is 8.66. The van der Waals surface area contributed by atoms with Crippen LogP contribution in [0.3, 0.4) is 0 Å². The minimum atomic E-state index is -0.950. The summed E-state index contributed by atoms with van der Waals surface area (Å²) in [6, 6.07) is 13.7. The molecule has 1 aromatic carbocycles. The molecule has 0 saturated carbocycles. The average molecular weight is 351 g/mol. The van der Waals surface area contributed by atoms with Crippen molar-refractivity contribution >= 4 is 11.6 Å². The summed E-state index contributed by atoms with van der Waals surface area (Å²) in [5.41, 5.74) is 2.19. The molecule has 1 saturated heterocycles. The van der Waals surface area contributed by atoms with Gasteiger partial charge >= 0.3 is 5.97 Å². The topological polar surface area (TPSA) is 74.0 Å². The lowest BCUT2D eigenvalue weighted by molar-refractivity contribution is 0.0696. The third kappa shape index (κ3) is 3.18. The van der Waals surface area contributed by atoms with Gasteiger partial charge in [-0.15, -0.1) is 10.2 Å². The highest BCUT2D eigenvalue weighted by Crippen LogP contribution is 2.24. The Hall–Kier alpha value is -2.77. The average Bonchev–Trinajstić information content (AvgIpc) is 3.07. The number of fused-ring (bicyclic) bond motifs is 1.